The Morgan fingerprint density at radius 1 is 0.737 bits per heavy atom. The molecule has 2 rings (SSSR count). The Hall–Kier alpha value is -1.90. The first-order chi connectivity index (χ1) is 9.35. The van der Waals surface area contributed by atoms with Crippen molar-refractivity contribution in [2.75, 3.05) is 0 Å². The molecule has 98 valence electrons. The minimum absolute atomic E-state index is 0.244. The van der Waals surface area contributed by atoms with Crippen LogP contribution < -0.4 is 9.31 Å². The third-order valence-electron chi connectivity index (χ3n) is 3.14. The Kier molecular flexibility index (Phi) is 4.90. The highest BCUT2D eigenvalue weighted by atomic mass is 16.6. The van der Waals surface area contributed by atoms with Gasteiger partial charge in [-0.05, 0) is 36.1 Å². The van der Waals surface area contributed by atoms with Crippen LogP contribution in [0.4, 0.5) is 0 Å². The average molecular weight is 254 g/mol. The zero-order valence-electron chi connectivity index (χ0n) is 11.6. The summed E-state index contributed by atoms with van der Waals surface area (Å²) in [7, 11) is 0.244. The van der Waals surface area contributed by atoms with Crippen LogP contribution in [0.2, 0.25) is 0 Å². The van der Waals surface area contributed by atoms with Crippen molar-refractivity contribution in [2.24, 2.45) is 0 Å². The summed E-state index contributed by atoms with van der Waals surface area (Å²) in [5.74, 6) is 1.80. The van der Waals surface area contributed by atoms with Gasteiger partial charge in [0, 0.05) is 0 Å². The molecule has 0 spiro atoms. The van der Waals surface area contributed by atoms with Crippen LogP contribution in [0.1, 0.15) is 25.0 Å². The maximum Gasteiger partial charge on any atom is 0.576 e. The maximum absolute atomic E-state index is 5.71. The van der Waals surface area contributed by atoms with Crippen LogP contribution in [0.15, 0.2) is 48.5 Å². The second kappa shape index (κ2) is 6.88. The molecule has 0 heterocycles. The van der Waals surface area contributed by atoms with Crippen LogP contribution in [0.3, 0.4) is 0 Å². The second-order valence-electron chi connectivity index (χ2n) is 4.33. The highest BCUT2D eigenvalue weighted by Gasteiger charge is 2.05. The van der Waals surface area contributed by atoms with Gasteiger partial charge in [-0.3, -0.25) is 0 Å². The van der Waals surface area contributed by atoms with E-state index in [1.807, 2.05) is 36.4 Å². The molecule has 0 saturated carbocycles. The lowest BCUT2D eigenvalue weighted by Crippen LogP contribution is -2.12. The lowest BCUT2D eigenvalue weighted by Gasteiger charge is -2.12. The Labute approximate surface area is 115 Å². The molecule has 3 heteroatoms. The molecular formula is C16H19BO2. The molecule has 0 aliphatic heterocycles. The lowest BCUT2D eigenvalue weighted by atomic mass is 10.1. The van der Waals surface area contributed by atoms with Crippen LogP contribution in [-0.4, -0.2) is 7.69 Å². The van der Waals surface area contributed by atoms with Crippen LogP contribution in [0, 0.1) is 0 Å². The number of rotatable bonds is 6. The van der Waals surface area contributed by atoms with E-state index in [0.29, 0.717) is 0 Å². The van der Waals surface area contributed by atoms with E-state index < -0.39 is 0 Å². The SMILES string of the molecule is CCc1ccccc1OBOc1ccccc1CC. The molecule has 0 aromatic heterocycles. The van der Waals surface area contributed by atoms with Crippen molar-refractivity contribution in [1.82, 2.24) is 0 Å². The van der Waals surface area contributed by atoms with Gasteiger partial charge in [0.1, 0.15) is 11.5 Å². The first-order valence-corrected chi connectivity index (χ1v) is 6.76. The van der Waals surface area contributed by atoms with Gasteiger partial charge in [-0.25, -0.2) is 0 Å². The summed E-state index contributed by atoms with van der Waals surface area (Å²) < 4.78 is 11.4. The molecule has 0 unspecified atom stereocenters. The Balaban J connectivity index is 1.96. The van der Waals surface area contributed by atoms with Gasteiger partial charge in [0.05, 0.1) is 0 Å². The highest BCUT2D eigenvalue weighted by molar-refractivity contribution is 6.20. The third kappa shape index (κ3) is 3.54. The average Bonchev–Trinajstić information content (AvgIpc) is 2.48. The van der Waals surface area contributed by atoms with Crippen molar-refractivity contribution >= 4 is 7.69 Å². The van der Waals surface area contributed by atoms with E-state index >= 15 is 0 Å². The van der Waals surface area contributed by atoms with Gasteiger partial charge in [0.2, 0.25) is 0 Å². The van der Waals surface area contributed by atoms with Gasteiger partial charge in [0.15, 0.2) is 0 Å². The molecule has 0 atom stereocenters. The van der Waals surface area contributed by atoms with Crippen molar-refractivity contribution in [1.29, 1.82) is 0 Å². The largest absolute Gasteiger partial charge is 0.576 e. The van der Waals surface area contributed by atoms with E-state index in [1.165, 1.54) is 11.1 Å². The highest BCUT2D eigenvalue weighted by Crippen LogP contribution is 2.20. The maximum atomic E-state index is 5.71. The van der Waals surface area contributed by atoms with Crippen LogP contribution in [0.25, 0.3) is 0 Å². The predicted octanol–water partition coefficient (Wildman–Crippen LogP) is 3.54. The fourth-order valence-corrected chi connectivity index (χ4v) is 2.03. The minimum atomic E-state index is 0.244. The van der Waals surface area contributed by atoms with Gasteiger partial charge in [0.25, 0.3) is 0 Å². The predicted molar refractivity (Wildman–Crippen MR) is 80.0 cm³/mol. The lowest BCUT2D eigenvalue weighted by molar-refractivity contribution is 0.453. The van der Waals surface area contributed by atoms with Crippen LogP contribution in [-0.2, 0) is 12.8 Å². The van der Waals surface area contributed by atoms with Gasteiger partial charge >= 0.3 is 7.69 Å². The van der Waals surface area contributed by atoms with Crippen LogP contribution in [0.5, 0.6) is 11.5 Å². The number of para-hydroxylation sites is 2. The number of hydrogen-bond acceptors (Lipinski definition) is 2. The summed E-state index contributed by atoms with van der Waals surface area (Å²) in [5, 5.41) is 0. The van der Waals surface area contributed by atoms with Crippen molar-refractivity contribution in [2.45, 2.75) is 26.7 Å². The van der Waals surface area contributed by atoms with E-state index in [2.05, 4.69) is 26.0 Å². The zero-order valence-corrected chi connectivity index (χ0v) is 11.6. The molecule has 0 aliphatic rings. The monoisotopic (exact) mass is 254 g/mol. The van der Waals surface area contributed by atoms with Gasteiger partial charge < -0.3 is 9.31 Å². The Morgan fingerprint density at radius 2 is 1.16 bits per heavy atom. The molecule has 19 heavy (non-hydrogen) atoms. The quantitative estimate of drug-likeness (QED) is 0.734. The van der Waals surface area contributed by atoms with Crippen LogP contribution >= 0.6 is 0 Å². The third-order valence-corrected chi connectivity index (χ3v) is 3.14. The van der Waals surface area contributed by atoms with E-state index in [-0.39, 0.29) is 7.69 Å². The number of benzene rings is 2. The fraction of sp³-hybridized carbons (Fsp3) is 0.250. The molecule has 2 aromatic rings. The minimum Gasteiger partial charge on any atom is -0.528 e. The van der Waals surface area contributed by atoms with Crippen molar-refractivity contribution in [3.8, 4) is 11.5 Å². The summed E-state index contributed by atoms with van der Waals surface area (Å²) in [6.45, 7) is 4.24. The summed E-state index contributed by atoms with van der Waals surface area (Å²) in [6.07, 6.45) is 1.92. The van der Waals surface area contributed by atoms with E-state index in [1.54, 1.807) is 0 Å². The molecular weight excluding hydrogens is 235 g/mol. The standard InChI is InChI=1S/C16H19BO2/c1-3-13-9-5-7-11-15(13)18-17-19-16-12-8-6-10-14(16)4-2/h5-12,17H,3-4H2,1-2H3. The second-order valence-corrected chi connectivity index (χ2v) is 4.33. The fourth-order valence-electron chi connectivity index (χ4n) is 2.03. The molecule has 0 aliphatic carbocycles. The molecule has 0 bridgehead atoms. The summed E-state index contributed by atoms with van der Waals surface area (Å²) in [5.41, 5.74) is 2.41. The molecule has 0 fully saturated rings. The van der Waals surface area contributed by atoms with Crippen molar-refractivity contribution in [3.05, 3.63) is 59.7 Å². The molecule has 2 aromatic carbocycles. The van der Waals surface area contributed by atoms with E-state index in [0.717, 1.165) is 24.3 Å². The van der Waals surface area contributed by atoms with Gasteiger partial charge in [-0.2, -0.15) is 0 Å². The van der Waals surface area contributed by atoms with Crippen molar-refractivity contribution < 1.29 is 9.31 Å². The summed E-state index contributed by atoms with van der Waals surface area (Å²) >= 11 is 0. The first-order valence-electron chi connectivity index (χ1n) is 6.76. The molecule has 2 nitrogen and oxygen atoms in total. The number of hydrogen-bond donors (Lipinski definition) is 0. The van der Waals surface area contributed by atoms with E-state index in [4.69, 9.17) is 9.31 Å². The Bertz CT molecular complexity index is 478. The zero-order chi connectivity index (χ0) is 13.5. The normalized spacial score (nSPS) is 10.0. The molecule has 0 radical (unpaired) electrons. The molecule has 0 amide bonds. The molecule has 0 N–H and O–H groups in total. The number of aryl methyl sites for hydroxylation is 2. The summed E-state index contributed by atoms with van der Waals surface area (Å²) in [6, 6.07) is 16.1. The topological polar surface area (TPSA) is 18.5 Å². The van der Waals surface area contributed by atoms with Crippen molar-refractivity contribution in [3.63, 3.8) is 0 Å². The first kappa shape index (κ1) is 13.5. The van der Waals surface area contributed by atoms with Gasteiger partial charge in [-0.15, -0.1) is 0 Å². The molecule has 0 saturated heterocycles. The Morgan fingerprint density at radius 3 is 1.58 bits per heavy atom. The smallest absolute Gasteiger partial charge is 0.528 e. The van der Waals surface area contributed by atoms with E-state index in [9.17, 15) is 0 Å². The summed E-state index contributed by atoms with van der Waals surface area (Å²) in [4.78, 5) is 0. The van der Waals surface area contributed by atoms with Gasteiger partial charge in [-0.1, -0.05) is 50.2 Å².